The van der Waals surface area contributed by atoms with Gasteiger partial charge in [-0.05, 0) is 13.0 Å². The van der Waals surface area contributed by atoms with Gasteiger partial charge in [-0.1, -0.05) is 6.92 Å². The van der Waals surface area contributed by atoms with Gasteiger partial charge in [0.25, 0.3) is 0 Å². The Morgan fingerprint density at radius 3 is 2.61 bits per heavy atom. The summed E-state index contributed by atoms with van der Waals surface area (Å²) in [6, 6.07) is 0.266. The Balaban J connectivity index is 0.000000367. The van der Waals surface area contributed by atoms with E-state index in [0.29, 0.717) is 0 Å². The van der Waals surface area contributed by atoms with Crippen LogP contribution in [-0.2, 0) is 0 Å². The van der Waals surface area contributed by atoms with Gasteiger partial charge in [-0.2, -0.15) is 0 Å². The van der Waals surface area contributed by atoms with Gasteiger partial charge in [0.05, 0.1) is 0 Å². The lowest BCUT2D eigenvalue weighted by molar-refractivity contribution is 0.751. The first-order valence-corrected chi connectivity index (χ1v) is 6.24. The van der Waals surface area contributed by atoms with Gasteiger partial charge in [0.2, 0.25) is 0 Å². The summed E-state index contributed by atoms with van der Waals surface area (Å²) < 4.78 is 1.98. The molecule has 1 unspecified atom stereocenters. The minimum absolute atomic E-state index is 0.266. The van der Waals surface area contributed by atoms with Crippen molar-refractivity contribution < 1.29 is 0 Å². The van der Waals surface area contributed by atoms with E-state index in [1.165, 1.54) is 0 Å². The Bertz CT molecular complexity index is 494. The first-order valence-electron chi connectivity index (χ1n) is 6.24. The molecule has 4 N–H and O–H groups in total. The number of imidazole rings is 1. The molecule has 6 nitrogen and oxygen atoms in total. The summed E-state index contributed by atoms with van der Waals surface area (Å²) in [7, 11) is 0. The fraction of sp³-hybridized carbons (Fsp3) is 0.500. The van der Waals surface area contributed by atoms with Gasteiger partial charge < -0.3 is 20.8 Å². The average molecular weight is 248 g/mol. The quantitative estimate of drug-likeness (QED) is 0.754. The van der Waals surface area contributed by atoms with Crippen molar-refractivity contribution in [3.05, 3.63) is 24.8 Å². The number of nitrogens with zero attached hydrogens (tertiary/aromatic N) is 4. The van der Waals surface area contributed by atoms with Gasteiger partial charge >= 0.3 is 0 Å². The molecular weight excluding hydrogens is 228 g/mol. The maximum absolute atomic E-state index is 5.89. The van der Waals surface area contributed by atoms with Gasteiger partial charge in [0.1, 0.15) is 0 Å². The third kappa shape index (κ3) is 2.60. The van der Waals surface area contributed by atoms with Crippen LogP contribution in [-0.4, -0.2) is 40.0 Å². The zero-order valence-corrected chi connectivity index (χ0v) is 10.7. The van der Waals surface area contributed by atoms with Crippen molar-refractivity contribution in [2.24, 2.45) is 11.5 Å². The zero-order chi connectivity index (χ0) is 13.0. The Morgan fingerprint density at radius 1 is 1.33 bits per heavy atom. The molecule has 1 aliphatic heterocycles. The van der Waals surface area contributed by atoms with E-state index >= 15 is 0 Å². The lowest BCUT2D eigenvalue weighted by Gasteiger charge is -2.16. The Kier molecular flexibility index (Phi) is 4.11. The molecule has 1 saturated heterocycles. The molecule has 0 saturated carbocycles. The number of aromatic nitrogens is 3. The van der Waals surface area contributed by atoms with Crippen LogP contribution in [0.2, 0.25) is 0 Å². The van der Waals surface area contributed by atoms with Crippen LogP contribution in [0.25, 0.3) is 5.65 Å². The molecule has 1 aliphatic rings. The molecule has 0 bridgehead atoms. The molecule has 0 radical (unpaired) electrons. The van der Waals surface area contributed by atoms with Crippen molar-refractivity contribution in [2.45, 2.75) is 19.4 Å². The van der Waals surface area contributed by atoms with Crippen LogP contribution in [0, 0.1) is 0 Å². The summed E-state index contributed by atoms with van der Waals surface area (Å²) in [4.78, 5) is 10.9. The summed E-state index contributed by atoms with van der Waals surface area (Å²) in [6.07, 6.45) is 8.45. The summed E-state index contributed by atoms with van der Waals surface area (Å²) in [5.74, 6) is 0.940. The minimum atomic E-state index is 0.266. The first kappa shape index (κ1) is 12.8. The van der Waals surface area contributed by atoms with Crippen LogP contribution in [0.15, 0.2) is 24.8 Å². The molecule has 3 rings (SSSR count). The van der Waals surface area contributed by atoms with E-state index in [-0.39, 0.29) is 6.04 Å². The smallest absolute Gasteiger partial charge is 0.180 e. The molecular formula is C12H20N6. The number of hydrogen-bond acceptors (Lipinski definition) is 5. The molecule has 0 aromatic carbocycles. The van der Waals surface area contributed by atoms with Crippen LogP contribution in [0.4, 0.5) is 5.82 Å². The highest BCUT2D eigenvalue weighted by Gasteiger charge is 2.22. The van der Waals surface area contributed by atoms with Crippen molar-refractivity contribution >= 4 is 11.5 Å². The largest absolute Gasteiger partial charge is 0.352 e. The van der Waals surface area contributed by atoms with E-state index in [4.69, 9.17) is 11.5 Å². The fourth-order valence-corrected chi connectivity index (χ4v) is 2.04. The van der Waals surface area contributed by atoms with Crippen molar-refractivity contribution in [3.63, 3.8) is 0 Å². The van der Waals surface area contributed by atoms with Gasteiger partial charge in [-0.25, -0.2) is 9.97 Å². The second-order valence-corrected chi connectivity index (χ2v) is 4.31. The minimum Gasteiger partial charge on any atom is -0.352 e. The fourth-order valence-electron chi connectivity index (χ4n) is 2.04. The Hall–Kier alpha value is -1.66. The van der Waals surface area contributed by atoms with E-state index < -0.39 is 0 Å². The molecule has 1 fully saturated rings. The van der Waals surface area contributed by atoms with Crippen molar-refractivity contribution in [3.8, 4) is 0 Å². The molecule has 0 amide bonds. The van der Waals surface area contributed by atoms with Crippen molar-refractivity contribution in [1.82, 2.24) is 14.4 Å². The summed E-state index contributed by atoms with van der Waals surface area (Å²) in [5.41, 5.74) is 11.6. The topological polar surface area (TPSA) is 85.5 Å². The average Bonchev–Trinajstić information content (AvgIpc) is 2.97. The third-order valence-corrected chi connectivity index (χ3v) is 2.82. The lowest BCUT2D eigenvalue weighted by atomic mass is 10.3. The number of fused-ring (bicyclic) bond motifs is 1. The number of anilines is 1. The van der Waals surface area contributed by atoms with Crippen LogP contribution in [0.3, 0.4) is 0 Å². The number of hydrogen-bond donors (Lipinski definition) is 2. The zero-order valence-electron chi connectivity index (χ0n) is 10.7. The normalized spacial score (nSPS) is 18.8. The van der Waals surface area contributed by atoms with Crippen LogP contribution in [0.1, 0.15) is 13.3 Å². The van der Waals surface area contributed by atoms with E-state index in [1.54, 1.807) is 12.4 Å². The van der Waals surface area contributed by atoms with E-state index in [2.05, 4.69) is 14.9 Å². The third-order valence-electron chi connectivity index (χ3n) is 2.82. The maximum Gasteiger partial charge on any atom is 0.180 e. The molecule has 98 valence electrons. The Labute approximate surface area is 107 Å². The highest BCUT2D eigenvalue weighted by atomic mass is 15.2. The van der Waals surface area contributed by atoms with E-state index in [9.17, 15) is 0 Å². The standard InChI is InChI=1S/C10H13N5.C2H7N/c11-8-1-4-15(7-8)10-9-12-2-5-14(9)6-3-13-10;1-2-3/h2-3,5-6,8H,1,4,7,11H2;2-3H2,1H3. The SMILES string of the molecule is CCN.NC1CCN(c2nccn3ccnc23)C1. The molecule has 18 heavy (non-hydrogen) atoms. The second-order valence-electron chi connectivity index (χ2n) is 4.31. The Morgan fingerprint density at radius 2 is 2.00 bits per heavy atom. The second kappa shape index (κ2) is 5.79. The van der Waals surface area contributed by atoms with Crippen LogP contribution < -0.4 is 16.4 Å². The molecule has 0 aliphatic carbocycles. The van der Waals surface area contributed by atoms with Gasteiger partial charge in [-0.3, -0.25) is 0 Å². The monoisotopic (exact) mass is 248 g/mol. The first-order chi connectivity index (χ1) is 8.76. The predicted octanol–water partition coefficient (Wildman–Crippen LogP) is 0.232. The van der Waals surface area contributed by atoms with Crippen LogP contribution >= 0.6 is 0 Å². The molecule has 6 heteroatoms. The molecule has 2 aromatic rings. The van der Waals surface area contributed by atoms with Crippen molar-refractivity contribution in [2.75, 3.05) is 24.5 Å². The summed E-state index contributed by atoms with van der Waals surface area (Å²) in [6.45, 7) is 4.50. The number of nitrogens with two attached hydrogens (primary N) is 2. The van der Waals surface area contributed by atoms with Gasteiger partial charge in [0, 0.05) is 43.9 Å². The summed E-state index contributed by atoms with van der Waals surface area (Å²) in [5, 5.41) is 0. The van der Waals surface area contributed by atoms with E-state index in [1.807, 2.05) is 23.7 Å². The highest BCUT2D eigenvalue weighted by molar-refractivity contribution is 5.64. The lowest BCUT2D eigenvalue weighted by Crippen LogP contribution is -2.27. The van der Waals surface area contributed by atoms with Gasteiger partial charge in [-0.15, -0.1) is 0 Å². The molecule has 0 spiro atoms. The predicted molar refractivity (Wildman–Crippen MR) is 72.5 cm³/mol. The van der Waals surface area contributed by atoms with E-state index in [0.717, 1.165) is 37.5 Å². The van der Waals surface area contributed by atoms with Gasteiger partial charge in [0.15, 0.2) is 11.5 Å². The number of rotatable bonds is 1. The highest BCUT2D eigenvalue weighted by Crippen LogP contribution is 2.20. The van der Waals surface area contributed by atoms with Crippen LogP contribution in [0.5, 0.6) is 0 Å². The van der Waals surface area contributed by atoms with Crippen molar-refractivity contribution in [1.29, 1.82) is 0 Å². The summed E-state index contributed by atoms with van der Waals surface area (Å²) >= 11 is 0. The molecule has 3 heterocycles. The molecule has 1 atom stereocenters. The molecule has 2 aromatic heterocycles. The maximum atomic E-state index is 5.89.